The summed E-state index contributed by atoms with van der Waals surface area (Å²) in [5.74, 6) is 0.758. The summed E-state index contributed by atoms with van der Waals surface area (Å²) in [6.07, 6.45) is 2.37. The molecular formula is C22H27N5O2. The van der Waals surface area contributed by atoms with Gasteiger partial charge in [-0.1, -0.05) is 23.4 Å². The van der Waals surface area contributed by atoms with Gasteiger partial charge in [0.15, 0.2) is 0 Å². The minimum absolute atomic E-state index is 0.0855. The molecule has 2 heterocycles. The molecule has 7 heteroatoms. The van der Waals surface area contributed by atoms with Crippen LogP contribution in [0.15, 0.2) is 42.5 Å². The van der Waals surface area contributed by atoms with E-state index in [0.29, 0.717) is 12.1 Å². The topological polar surface area (TPSA) is 72.3 Å². The number of nitrogens with zero attached hydrogens (tertiary/aromatic N) is 4. The molecule has 1 aromatic heterocycles. The standard InChI is InChI=1S/C22H27N5O2/c1-3-27-19-11-10-16(14-18(19)24-25-27)22(28)23-15-20(26-12-6-7-13-26)17-8-4-5-9-21(17)29-2/h4-5,8-11,14,20H,3,6-7,12-13,15H2,1-2H3,(H,23,28). The molecule has 152 valence electrons. The van der Waals surface area contributed by atoms with E-state index in [2.05, 4.69) is 26.6 Å². The average molecular weight is 393 g/mol. The Balaban J connectivity index is 1.53. The average Bonchev–Trinajstić information content (AvgIpc) is 3.43. The minimum atomic E-state index is -0.1000. The summed E-state index contributed by atoms with van der Waals surface area (Å²) in [5, 5.41) is 11.4. The molecule has 7 nitrogen and oxygen atoms in total. The van der Waals surface area contributed by atoms with Crippen LogP contribution in [0.1, 0.15) is 41.7 Å². The Kier molecular flexibility index (Phi) is 5.76. The first-order valence-corrected chi connectivity index (χ1v) is 10.2. The minimum Gasteiger partial charge on any atom is -0.496 e. The van der Waals surface area contributed by atoms with E-state index in [0.717, 1.165) is 42.0 Å². The lowest BCUT2D eigenvalue weighted by molar-refractivity contribution is 0.0937. The van der Waals surface area contributed by atoms with Crippen molar-refractivity contribution in [3.05, 3.63) is 53.6 Å². The van der Waals surface area contributed by atoms with Crippen molar-refractivity contribution in [2.75, 3.05) is 26.7 Å². The summed E-state index contributed by atoms with van der Waals surface area (Å²) >= 11 is 0. The lowest BCUT2D eigenvalue weighted by atomic mass is 10.0. The number of hydrogen-bond acceptors (Lipinski definition) is 5. The number of rotatable bonds is 7. The van der Waals surface area contributed by atoms with Gasteiger partial charge in [-0.2, -0.15) is 0 Å². The molecule has 1 aliphatic heterocycles. The molecule has 0 bridgehead atoms. The molecule has 2 aromatic carbocycles. The van der Waals surface area contributed by atoms with Crippen molar-refractivity contribution in [2.24, 2.45) is 0 Å². The third-order valence-electron chi connectivity index (χ3n) is 5.61. The molecule has 1 saturated heterocycles. The fourth-order valence-electron chi connectivity index (χ4n) is 4.07. The lowest BCUT2D eigenvalue weighted by Crippen LogP contribution is -2.37. The predicted octanol–water partition coefficient (Wildman–Crippen LogP) is 3.03. The lowest BCUT2D eigenvalue weighted by Gasteiger charge is -2.29. The van der Waals surface area contributed by atoms with E-state index < -0.39 is 0 Å². The number of carbonyl (C=O) groups is 1. The van der Waals surface area contributed by atoms with E-state index >= 15 is 0 Å². The number of benzene rings is 2. The van der Waals surface area contributed by atoms with E-state index in [1.807, 2.05) is 41.9 Å². The highest BCUT2D eigenvalue weighted by atomic mass is 16.5. The molecule has 0 spiro atoms. The molecule has 1 aliphatic rings. The first-order valence-electron chi connectivity index (χ1n) is 10.2. The van der Waals surface area contributed by atoms with Gasteiger partial charge in [-0.25, -0.2) is 4.68 Å². The molecule has 29 heavy (non-hydrogen) atoms. The van der Waals surface area contributed by atoms with Crippen molar-refractivity contribution in [3.63, 3.8) is 0 Å². The number of aromatic nitrogens is 3. The Bertz CT molecular complexity index is 994. The molecule has 3 aromatic rings. The Morgan fingerprint density at radius 1 is 1.21 bits per heavy atom. The van der Waals surface area contributed by atoms with Crippen LogP contribution in [-0.4, -0.2) is 52.5 Å². The third kappa shape index (κ3) is 3.96. The van der Waals surface area contributed by atoms with Crippen LogP contribution in [0.2, 0.25) is 0 Å². The number of methoxy groups -OCH3 is 1. The fraction of sp³-hybridized carbons (Fsp3) is 0.409. The second kappa shape index (κ2) is 8.61. The third-order valence-corrected chi connectivity index (χ3v) is 5.61. The van der Waals surface area contributed by atoms with Crippen LogP contribution in [-0.2, 0) is 6.54 Å². The van der Waals surface area contributed by atoms with Gasteiger partial charge < -0.3 is 10.1 Å². The molecule has 1 N–H and O–H groups in total. The van der Waals surface area contributed by atoms with Gasteiger partial charge in [0.05, 0.1) is 18.7 Å². The van der Waals surface area contributed by atoms with Crippen LogP contribution in [0, 0.1) is 0 Å². The van der Waals surface area contributed by atoms with Crippen molar-refractivity contribution >= 4 is 16.9 Å². The van der Waals surface area contributed by atoms with Gasteiger partial charge in [-0.3, -0.25) is 9.69 Å². The van der Waals surface area contributed by atoms with Gasteiger partial charge in [0.25, 0.3) is 5.91 Å². The summed E-state index contributed by atoms with van der Waals surface area (Å²) < 4.78 is 7.40. The summed E-state index contributed by atoms with van der Waals surface area (Å²) in [4.78, 5) is 15.3. The maximum atomic E-state index is 12.9. The van der Waals surface area contributed by atoms with Crippen LogP contribution in [0.4, 0.5) is 0 Å². The van der Waals surface area contributed by atoms with Crippen molar-refractivity contribution in [3.8, 4) is 5.75 Å². The van der Waals surface area contributed by atoms with E-state index in [-0.39, 0.29) is 11.9 Å². The number of fused-ring (bicyclic) bond motifs is 1. The van der Waals surface area contributed by atoms with Crippen LogP contribution >= 0.6 is 0 Å². The molecule has 1 atom stereocenters. The zero-order chi connectivity index (χ0) is 20.2. The van der Waals surface area contributed by atoms with E-state index in [1.54, 1.807) is 13.2 Å². The van der Waals surface area contributed by atoms with E-state index in [9.17, 15) is 4.79 Å². The number of para-hydroxylation sites is 1. The maximum Gasteiger partial charge on any atom is 0.251 e. The quantitative estimate of drug-likeness (QED) is 0.668. The molecule has 0 saturated carbocycles. The monoisotopic (exact) mass is 393 g/mol. The van der Waals surface area contributed by atoms with Crippen molar-refractivity contribution in [1.29, 1.82) is 0 Å². The number of hydrogen-bond donors (Lipinski definition) is 1. The SMILES string of the molecule is CCn1nnc2cc(C(=O)NCC(c3ccccc3OC)N3CCCC3)ccc21. The molecule has 1 unspecified atom stereocenters. The number of amides is 1. The van der Waals surface area contributed by atoms with E-state index in [4.69, 9.17) is 4.74 Å². The Morgan fingerprint density at radius 3 is 2.76 bits per heavy atom. The highest BCUT2D eigenvalue weighted by Crippen LogP contribution is 2.31. The maximum absolute atomic E-state index is 12.9. The molecule has 0 radical (unpaired) electrons. The van der Waals surface area contributed by atoms with Gasteiger partial charge in [0, 0.05) is 24.2 Å². The number of likely N-dealkylation sites (tertiary alicyclic amines) is 1. The zero-order valence-electron chi connectivity index (χ0n) is 17.0. The van der Waals surface area contributed by atoms with Gasteiger partial charge in [-0.05, 0) is 57.1 Å². The largest absolute Gasteiger partial charge is 0.496 e. The van der Waals surface area contributed by atoms with Gasteiger partial charge >= 0.3 is 0 Å². The van der Waals surface area contributed by atoms with E-state index in [1.165, 1.54) is 12.8 Å². The first kappa shape index (κ1) is 19.4. The van der Waals surface area contributed by atoms with Crippen molar-refractivity contribution < 1.29 is 9.53 Å². The van der Waals surface area contributed by atoms with Crippen LogP contribution in [0.25, 0.3) is 11.0 Å². The molecule has 4 rings (SSSR count). The number of ether oxygens (including phenoxy) is 1. The number of nitrogens with one attached hydrogen (secondary N) is 1. The van der Waals surface area contributed by atoms with Crippen LogP contribution in [0.5, 0.6) is 5.75 Å². The summed E-state index contributed by atoms with van der Waals surface area (Å²) in [7, 11) is 1.69. The summed E-state index contributed by atoms with van der Waals surface area (Å²) in [6, 6.07) is 13.7. The zero-order valence-corrected chi connectivity index (χ0v) is 17.0. The predicted molar refractivity (Wildman–Crippen MR) is 112 cm³/mol. The van der Waals surface area contributed by atoms with Crippen LogP contribution in [0.3, 0.4) is 0 Å². The fourth-order valence-corrected chi connectivity index (χ4v) is 4.07. The molecule has 1 fully saturated rings. The summed E-state index contributed by atoms with van der Waals surface area (Å²) in [6.45, 7) is 5.36. The van der Waals surface area contributed by atoms with Crippen molar-refractivity contribution in [1.82, 2.24) is 25.2 Å². The Hall–Kier alpha value is -2.93. The van der Waals surface area contributed by atoms with Gasteiger partial charge in [0.1, 0.15) is 11.3 Å². The second-order valence-corrected chi connectivity index (χ2v) is 7.32. The number of carbonyl (C=O) groups excluding carboxylic acids is 1. The smallest absolute Gasteiger partial charge is 0.251 e. The first-order chi connectivity index (χ1) is 14.2. The van der Waals surface area contributed by atoms with Crippen molar-refractivity contribution in [2.45, 2.75) is 32.4 Å². The van der Waals surface area contributed by atoms with Gasteiger partial charge in [0.2, 0.25) is 0 Å². The second-order valence-electron chi connectivity index (χ2n) is 7.32. The highest BCUT2D eigenvalue weighted by molar-refractivity contribution is 5.97. The number of aryl methyl sites for hydroxylation is 1. The normalized spacial score (nSPS) is 15.5. The summed E-state index contributed by atoms with van der Waals surface area (Å²) in [5.41, 5.74) is 3.38. The molecule has 1 amide bonds. The van der Waals surface area contributed by atoms with Crippen LogP contribution < -0.4 is 10.1 Å². The highest BCUT2D eigenvalue weighted by Gasteiger charge is 2.26. The van der Waals surface area contributed by atoms with Gasteiger partial charge in [-0.15, -0.1) is 5.10 Å². The molecule has 0 aliphatic carbocycles. The Morgan fingerprint density at radius 2 is 2.00 bits per heavy atom. The molecular weight excluding hydrogens is 366 g/mol. The Labute approximate surface area is 170 Å².